The van der Waals surface area contributed by atoms with E-state index < -0.39 is 0 Å². The normalized spacial score (nSPS) is 25.9. The van der Waals surface area contributed by atoms with E-state index in [-0.39, 0.29) is 11.4 Å². The molecule has 1 aliphatic heterocycles. The van der Waals surface area contributed by atoms with Gasteiger partial charge in [0.2, 0.25) is 5.95 Å². The number of aromatic nitrogens is 4. The first kappa shape index (κ1) is 23.4. The van der Waals surface area contributed by atoms with Crippen molar-refractivity contribution in [2.24, 2.45) is 11.8 Å². The number of carbonyl (C=O) groups is 1. The molecule has 4 heterocycles. The Hall–Kier alpha value is -3.04. The van der Waals surface area contributed by atoms with Gasteiger partial charge >= 0.3 is 0 Å². The maximum absolute atomic E-state index is 13.1. The second-order valence-corrected chi connectivity index (χ2v) is 11.0. The van der Waals surface area contributed by atoms with Crippen molar-refractivity contribution < 1.29 is 4.79 Å². The Labute approximate surface area is 212 Å². The quantitative estimate of drug-likeness (QED) is 0.547. The number of amides is 1. The first-order chi connectivity index (χ1) is 17.4. The zero-order valence-electron chi connectivity index (χ0n) is 21.7. The maximum atomic E-state index is 13.1. The zero-order chi connectivity index (χ0) is 25.0. The van der Waals surface area contributed by atoms with Crippen molar-refractivity contribution in [2.45, 2.75) is 38.8 Å². The van der Waals surface area contributed by atoms with Crippen molar-refractivity contribution in [3.63, 3.8) is 0 Å². The Morgan fingerprint density at radius 1 is 1.11 bits per heavy atom. The van der Waals surface area contributed by atoms with Crippen LogP contribution in [0.25, 0.3) is 11.0 Å². The molecular formula is C27H36N8O. The average Bonchev–Trinajstić information content (AvgIpc) is 3.22. The van der Waals surface area contributed by atoms with Crippen LogP contribution in [0.5, 0.6) is 0 Å². The lowest BCUT2D eigenvalue weighted by Crippen LogP contribution is -2.67. The molecule has 2 bridgehead atoms. The number of anilines is 2. The summed E-state index contributed by atoms with van der Waals surface area (Å²) in [5.41, 5.74) is 2.74. The van der Waals surface area contributed by atoms with Gasteiger partial charge in [-0.25, -0.2) is 9.97 Å². The molecule has 3 saturated carbocycles. The molecular weight excluding hydrogens is 452 g/mol. The Kier molecular flexibility index (Phi) is 5.72. The molecule has 1 saturated heterocycles. The van der Waals surface area contributed by atoms with Crippen molar-refractivity contribution in [2.75, 3.05) is 52.1 Å². The highest BCUT2D eigenvalue weighted by Crippen LogP contribution is 2.67. The highest BCUT2D eigenvalue weighted by molar-refractivity contribution is 5.98. The third kappa shape index (κ3) is 3.76. The smallest absolute Gasteiger partial charge is 0.270 e. The Morgan fingerprint density at radius 2 is 1.86 bits per heavy atom. The van der Waals surface area contributed by atoms with E-state index in [0.717, 1.165) is 74.9 Å². The molecule has 4 aliphatic rings. The number of pyridine rings is 1. The van der Waals surface area contributed by atoms with Crippen molar-refractivity contribution >= 4 is 28.7 Å². The Morgan fingerprint density at radius 3 is 2.44 bits per heavy atom. The van der Waals surface area contributed by atoms with E-state index in [1.54, 1.807) is 19.0 Å². The highest BCUT2D eigenvalue weighted by atomic mass is 16.2. The summed E-state index contributed by atoms with van der Waals surface area (Å²) in [6.07, 6.45) is 5.99. The fraction of sp³-hybridized carbons (Fsp3) is 0.556. The molecule has 9 heteroatoms. The van der Waals surface area contributed by atoms with Crippen LogP contribution in [0.1, 0.15) is 42.7 Å². The maximum Gasteiger partial charge on any atom is 0.270 e. The van der Waals surface area contributed by atoms with Crippen LogP contribution >= 0.6 is 0 Å². The lowest BCUT2D eigenvalue weighted by Gasteiger charge is -2.68. The molecule has 190 valence electrons. The molecule has 1 N–H and O–H groups in total. The summed E-state index contributed by atoms with van der Waals surface area (Å²) in [4.78, 5) is 33.7. The largest absolute Gasteiger partial charge is 0.343 e. The second kappa shape index (κ2) is 8.81. The minimum atomic E-state index is 0.00154. The number of nitrogens with one attached hydrogen (secondary N) is 1. The number of fused-ring (bicyclic) bond motifs is 1. The summed E-state index contributed by atoms with van der Waals surface area (Å²) in [6.45, 7) is 11.0. The van der Waals surface area contributed by atoms with Crippen LogP contribution in [-0.4, -0.2) is 86.9 Å². The molecule has 7 rings (SSSR count). The van der Waals surface area contributed by atoms with Crippen LogP contribution in [0, 0.1) is 11.8 Å². The summed E-state index contributed by atoms with van der Waals surface area (Å²) >= 11 is 0. The van der Waals surface area contributed by atoms with Gasteiger partial charge in [0, 0.05) is 64.6 Å². The number of piperazine rings is 1. The van der Waals surface area contributed by atoms with E-state index in [1.165, 1.54) is 5.56 Å². The summed E-state index contributed by atoms with van der Waals surface area (Å²) < 4.78 is 2.21. The van der Waals surface area contributed by atoms with E-state index in [9.17, 15) is 4.79 Å². The zero-order valence-corrected chi connectivity index (χ0v) is 21.7. The van der Waals surface area contributed by atoms with Crippen molar-refractivity contribution in [1.82, 2.24) is 34.2 Å². The van der Waals surface area contributed by atoms with E-state index in [4.69, 9.17) is 4.98 Å². The lowest BCUT2D eigenvalue weighted by atomic mass is 9.42. The standard InChI is InChI=1S/C27H36N8O/c1-5-33-8-10-34(11-9-33)17-19-6-7-23(28-15-19)30-26-29-16-20-12-22(25(36)32(3)4)35(24(20)31-26)27-13-21(14-27)18(27)2/h6-7,12,15-16,18,21H,5,8-11,13-14,17H2,1-4H3,(H,28,29,30,31)/t18-,21?,27?/m1/s1. The third-order valence-electron chi connectivity index (χ3n) is 8.78. The lowest BCUT2D eigenvalue weighted by molar-refractivity contribution is -0.160. The van der Waals surface area contributed by atoms with Gasteiger partial charge in [-0.05, 0) is 48.9 Å². The first-order valence-electron chi connectivity index (χ1n) is 13.2. The van der Waals surface area contributed by atoms with Gasteiger partial charge in [0.25, 0.3) is 5.91 Å². The van der Waals surface area contributed by atoms with Gasteiger partial charge in [-0.2, -0.15) is 4.98 Å². The van der Waals surface area contributed by atoms with Gasteiger partial charge in [-0.15, -0.1) is 0 Å². The molecule has 4 fully saturated rings. The third-order valence-corrected chi connectivity index (χ3v) is 8.78. The second-order valence-electron chi connectivity index (χ2n) is 11.0. The summed E-state index contributed by atoms with van der Waals surface area (Å²) in [5, 5.41) is 4.18. The molecule has 1 atom stereocenters. The number of nitrogens with zero attached hydrogens (tertiary/aromatic N) is 7. The van der Waals surface area contributed by atoms with Crippen molar-refractivity contribution in [1.29, 1.82) is 0 Å². The van der Waals surface area contributed by atoms with Crippen molar-refractivity contribution in [3.8, 4) is 0 Å². The van der Waals surface area contributed by atoms with Gasteiger partial charge in [0.15, 0.2) is 0 Å². The molecule has 36 heavy (non-hydrogen) atoms. The van der Waals surface area contributed by atoms with Crippen molar-refractivity contribution in [3.05, 3.63) is 41.9 Å². The van der Waals surface area contributed by atoms with E-state index in [0.29, 0.717) is 17.6 Å². The molecule has 3 aromatic heterocycles. The fourth-order valence-corrected chi connectivity index (χ4v) is 6.19. The molecule has 1 amide bonds. The average molecular weight is 489 g/mol. The van der Waals surface area contributed by atoms with Crippen LogP contribution in [0.2, 0.25) is 0 Å². The molecule has 9 nitrogen and oxygen atoms in total. The topological polar surface area (TPSA) is 82.4 Å². The number of carbonyl (C=O) groups excluding carboxylic acids is 1. The number of hydrogen-bond donors (Lipinski definition) is 1. The van der Waals surface area contributed by atoms with Gasteiger partial charge in [0.05, 0.1) is 5.54 Å². The molecule has 0 radical (unpaired) electrons. The monoisotopic (exact) mass is 488 g/mol. The van der Waals surface area contributed by atoms with Crippen LogP contribution in [0.3, 0.4) is 0 Å². The SMILES string of the molecule is CCN1CCN(Cc2ccc(Nc3ncc4cc(C(=O)N(C)C)n(C56CC(C5)[C@H]6C)c4n3)nc2)CC1. The van der Waals surface area contributed by atoms with E-state index in [1.807, 2.05) is 24.5 Å². The predicted molar refractivity (Wildman–Crippen MR) is 140 cm³/mol. The summed E-state index contributed by atoms with van der Waals surface area (Å²) in [7, 11) is 3.60. The molecule has 0 spiro atoms. The number of hydrogen-bond acceptors (Lipinski definition) is 7. The van der Waals surface area contributed by atoms with Gasteiger partial charge in [-0.1, -0.05) is 19.9 Å². The van der Waals surface area contributed by atoms with E-state index in [2.05, 4.69) is 49.6 Å². The van der Waals surface area contributed by atoms with Gasteiger partial charge in [0.1, 0.15) is 17.2 Å². The molecule has 0 unspecified atom stereocenters. The molecule has 0 aromatic carbocycles. The van der Waals surface area contributed by atoms with Gasteiger partial charge < -0.3 is 19.7 Å². The Balaban J connectivity index is 1.22. The number of likely N-dealkylation sites (N-methyl/N-ethyl adjacent to an activating group) is 1. The van der Waals surface area contributed by atoms with Crippen LogP contribution in [0.4, 0.5) is 11.8 Å². The first-order valence-corrected chi connectivity index (χ1v) is 13.2. The van der Waals surface area contributed by atoms with Crippen LogP contribution in [-0.2, 0) is 12.1 Å². The Bertz CT molecular complexity index is 1270. The fourth-order valence-electron chi connectivity index (χ4n) is 6.19. The minimum absolute atomic E-state index is 0.00154. The van der Waals surface area contributed by atoms with Crippen LogP contribution < -0.4 is 5.32 Å². The van der Waals surface area contributed by atoms with Gasteiger partial charge in [-0.3, -0.25) is 9.69 Å². The van der Waals surface area contributed by atoms with Crippen LogP contribution in [0.15, 0.2) is 30.6 Å². The predicted octanol–water partition coefficient (Wildman–Crippen LogP) is 3.16. The van der Waals surface area contributed by atoms with E-state index >= 15 is 0 Å². The molecule has 3 aromatic rings. The molecule has 3 aliphatic carbocycles. The number of rotatable bonds is 7. The minimum Gasteiger partial charge on any atom is -0.343 e. The highest BCUT2D eigenvalue weighted by Gasteiger charge is 2.65. The summed E-state index contributed by atoms with van der Waals surface area (Å²) in [5.74, 6) is 2.55. The summed E-state index contributed by atoms with van der Waals surface area (Å²) in [6, 6.07) is 6.07.